The largest absolute Gasteiger partial charge is 0.381 e. The number of ether oxygens (including phenoxy) is 1. The summed E-state index contributed by atoms with van der Waals surface area (Å²) in [4.78, 5) is 22.7. The smallest absolute Gasteiger partial charge is 0.300 e. The number of nitrogens with one attached hydrogen (secondary N) is 1. The van der Waals surface area contributed by atoms with E-state index in [1.54, 1.807) is 0 Å². The number of carbonyl (C=O) groups is 1. The molecule has 1 fully saturated rings. The van der Waals surface area contributed by atoms with Crippen LogP contribution in [0, 0.1) is 10.1 Å². The molecule has 1 saturated heterocycles. The van der Waals surface area contributed by atoms with E-state index in [2.05, 4.69) is 5.32 Å². The molecule has 0 bridgehead atoms. The van der Waals surface area contributed by atoms with E-state index in [0.29, 0.717) is 26.1 Å². The summed E-state index contributed by atoms with van der Waals surface area (Å²) in [5, 5.41) is 13.9. The predicted molar refractivity (Wildman–Crippen MR) is 74.0 cm³/mol. The first-order valence-corrected chi connectivity index (χ1v) is 6.64. The van der Waals surface area contributed by atoms with Gasteiger partial charge >= 0.3 is 5.69 Å². The number of hydrogen-bond acceptors (Lipinski definition) is 4. The number of amides is 1. The van der Waals surface area contributed by atoms with Crippen LogP contribution in [0.2, 0.25) is 5.02 Å². The fourth-order valence-corrected chi connectivity index (χ4v) is 2.42. The quantitative estimate of drug-likeness (QED) is 0.687. The van der Waals surface area contributed by atoms with Crippen LogP contribution in [0.15, 0.2) is 18.2 Å². The zero-order valence-electron chi connectivity index (χ0n) is 11.0. The molecule has 7 heteroatoms. The third-order valence-electron chi connectivity index (χ3n) is 3.43. The molecule has 1 N–H and O–H groups in total. The fourth-order valence-electron chi connectivity index (χ4n) is 2.17. The van der Waals surface area contributed by atoms with Crippen LogP contribution in [0.1, 0.15) is 30.1 Å². The summed E-state index contributed by atoms with van der Waals surface area (Å²) < 4.78 is 5.25. The normalized spacial score (nSPS) is 17.5. The third-order valence-corrected chi connectivity index (χ3v) is 3.73. The van der Waals surface area contributed by atoms with E-state index >= 15 is 0 Å². The summed E-state index contributed by atoms with van der Waals surface area (Å²) in [6, 6.07) is 4.32. The van der Waals surface area contributed by atoms with Crippen LogP contribution in [-0.2, 0) is 4.74 Å². The summed E-state index contributed by atoms with van der Waals surface area (Å²) in [7, 11) is 0. The molecule has 1 aromatic carbocycles. The van der Waals surface area contributed by atoms with Crippen molar-refractivity contribution in [2.45, 2.75) is 25.3 Å². The van der Waals surface area contributed by atoms with Crippen LogP contribution >= 0.6 is 11.6 Å². The Balaban J connectivity index is 2.25. The van der Waals surface area contributed by atoms with Gasteiger partial charge in [-0.05, 0) is 31.9 Å². The van der Waals surface area contributed by atoms with Crippen molar-refractivity contribution in [2.24, 2.45) is 0 Å². The zero-order valence-corrected chi connectivity index (χ0v) is 11.8. The van der Waals surface area contributed by atoms with Gasteiger partial charge in [0.15, 0.2) is 0 Å². The van der Waals surface area contributed by atoms with Gasteiger partial charge in [-0.2, -0.15) is 0 Å². The fraction of sp³-hybridized carbons (Fsp3) is 0.462. The topological polar surface area (TPSA) is 81.5 Å². The molecule has 0 aliphatic carbocycles. The van der Waals surface area contributed by atoms with E-state index in [1.165, 1.54) is 18.2 Å². The van der Waals surface area contributed by atoms with E-state index in [0.717, 1.165) is 0 Å². The molecule has 1 aliphatic heterocycles. The van der Waals surface area contributed by atoms with E-state index < -0.39 is 16.4 Å². The predicted octanol–water partition coefficient (Wildman–Crippen LogP) is 2.55. The number of benzene rings is 1. The lowest BCUT2D eigenvalue weighted by Crippen LogP contribution is -2.49. The first-order chi connectivity index (χ1) is 9.43. The zero-order chi connectivity index (χ0) is 14.8. The molecule has 2 rings (SSSR count). The van der Waals surface area contributed by atoms with Gasteiger partial charge in [0.25, 0.3) is 5.91 Å². The Bertz CT molecular complexity index is 541. The second-order valence-corrected chi connectivity index (χ2v) is 5.43. The second-order valence-electron chi connectivity index (χ2n) is 5.02. The minimum absolute atomic E-state index is 0.0183. The molecular formula is C13H15ClN2O4. The number of halogens is 1. The van der Waals surface area contributed by atoms with Crippen LogP contribution < -0.4 is 5.32 Å². The first kappa shape index (κ1) is 14.7. The standard InChI is InChI=1S/C13H15ClN2O4/c1-13(5-7-20-8-6-13)15-12(17)9-3-2-4-10(14)11(9)16(18)19/h2-4H,5-8H2,1H3,(H,15,17). The first-order valence-electron chi connectivity index (χ1n) is 6.26. The summed E-state index contributed by atoms with van der Waals surface area (Å²) in [5.41, 5.74) is -0.788. The third kappa shape index (κ3) is 3.08. The van der Waals surface area contributed by atoms with Crippen LogP contribution in [0.4, 0.5) is 5.69 Å². The number of nitro groups is 1. The van der Waals surface area contributed by atoms with E-state index in [-0.39, 0.29) is 16.3 Å². The van der Waals surface area contributed by atoms with Gasteiger partial charge in [0.2, 0.25) is 0 Å². The van der Waals surface area contributed by atoms with E-state index in [1.807, 2.05) is 6.92 Å². The Hall–Kier alpha value is -1.66. The highest BCUT2D eigenvalue weighted by atomic mass is 35.5. The van der Waals surface area contributed by atoms with Gasteiger partial charge in [-0.25, -0.2) is 0 Å². The van der Waals surface area contributed by atoms with Gasteiger partial charge < -0.3 is 10.1 Å². The number of para-hydroxylation sites is 1. The Morgan fingerprint density at radius 3 is 2.70 bits per heavy atom. The Kier molecular flexibility index (Phi) is 4.25. The minimum atomic E-state index is -0.635. The molecule has 6 nitrogen and oxygen atoms in total. The highest BCUT2D eigenvalue weighted by Gasteiger charge is 2.32. The lowest BCUT2D eigenvalue weighted by Gasteiger charge is -2.34. The Morgan fingerprint density at radius 2 is 2.10 bits per heavy atom. The van der Waals surface area contributed by atoms with Gasteiger partial charge in [-0.15, -0.1) is 0 Å². The molecule has 0 saturated carbocycles. The monoisotopic (exact) mass is 298 g/mol. The van der Waals surface area contributed by atoms with Crippen molar-refractivity contribution in [3.8, 4) is 0 Å². The van der Waals surface area contributed by atoms with Crippen molar-refractivity contribution in [1.29, 1.82) is 0 Å². The number of nitrogens with zero attached hydrogens (tertiary/aromatic N) is 1. The molecular weight excluding hydrogens is 284 g/mol. The lowest BCUT2D eigenvalue weighted by molar-refractivity contribution is -0.385. The van der Waals surface area contributed by atoms with Crippen LogP contribution in [0.5, 0.6) is 0 Å². The molecule has 0 aromatic heterocycles. The van der Waals surface area contributed by atoms with Crippen LogP contribution in [0.25, 0.3) is 0 Å². The highest BCUT2D eigenvalue weighted by molar-refractivity contribution is 6.33. The van der Waals surface area contributed by atoms with Crippen molar-refractivity contribution in [1.82, 2.24) is 5.32 Å². The van der Waals surface area contributed by atoms with Crippen molar-refractivity contribution in [3.63, 3.8) is 0 Å². The number of carbonyl (C=O) groups excluding carboxylic acids is 1. The molecule has 108 valence electrons. The molecule has 0 atom stereocenters. The second kappa shape index (κ2) is 5.76. The molecule has 0 spiro atoms. The average Bonchev–Trinajstić information content (AvgIpc) is 2.38. The van der Waals surface area contributed by atoms with Crippen molar-refractivity contribution in [2.75, 3.05) is 13.2 Å². The van der Waals surface area contributed by atoms with Gasteiger partial charge in [0.05, 0.1) is 4.92 Å². The lowest BCUT2D eigenvalue weighted by atomic mass is 9.92. The van der Waals surface area contributed by atoms with E-state index in [4.69, 9.17) is 16.3 Å². The maximum Gasteiger partial charge on any atom is 0.300 e. The Morgan fingerprint density at radius 1 is 1.45 bits per heavy atom. The van der Waals surface area contributed by atoms with Crippen molar-refractivity contribution < 1.29 is 14.5 Å². The number of hydrogen-bond donors (Lipinski definition) is 1. The molecule has 20 heavy (non-hydrogen) atoms. The average molecular weight is 299 g/mol. The molecule has 1 amide bonds. The molecule has 1 aliphatic rings. The molecule has 0 unspecified atom stereocenters. The van der Waals surface area contributed by atoms with Crippen LogP contribution in [-0.4, -0.2) is 29.6 Å². The van der Waals surface area contributed by atoms with E-state index in [9.17, 15) is 14.9 Å². The Labute approximate surface area is 121 Å². The number of rotatable bonds is 3. The SMILES string of the molecule is CC1(NC(=O)c2cccc(Cl)c2[N+](=O)[O-])CCOCC1. The minimum Gasteiger partial charge on any atom is -0.381 e. The molecule has 0 radical (unpaired) electrons. The highest BCUT2D eigenvalue weighted by Crippen LogP contribution is 2.29. The molecule has 1 heterocycles. The van der Waals surface area contributed by atoms with Gasteiger partial charge in [-0.1, -0.05) is 17.7 Å². The van der Waals surface area contributed by atoms with Gasteiger partial charge in [-0.3, -0.25) is 14.9 Å². The maximum atomic E-state index is 12.3. The maximum absolute atomic E-state index is 12.3. The van der Waals surface area contributed by atoms with Crippen molar-refractivity contribution >= 4 is 23.2 Å². The summed E-state index contributed by atoms with van der Waals surface area (Å²) in [6.45, 7) is 3.03. The summed E-state index contributed by atoms with van der Waals surface area (Å²) >= 11 is 5.80. The summed E-state index contributed by atoms with van der Waals surface area (Å²) in [5.74, 6) is -0.483. The summed E-state index contributed by atoms with van der Waals surface area (Å²) in [6.07, 6.45) is 1.35. The number of nitro benzene ring substituents is 1. The molecule has 1 aromatic rings. The van der Waals surface area contributed by atoms with Crippen LogP contribution in [0.3, 0.4) is 0 Å². The van der Waals surface area contributed by atoms with Gasteiger partial charge in [0, 0.05) is 18.8 Å². The van der Waals surface area contributed by atoms with Crippen molar-refractivity contribution in [3.05, 3.63) is 38.9 Å². The van der Waals surface area contributed by atoms with Gasteiger partial charge in [0.1, 0.15) is 10.6 Å².